The molecular weight excluding hydrogens is 350 g/mol. The molecule has 28 heavy (non-hydrogen) atoms. The van der Waals surface area contributed by atoms with E-state index in [-0.39, 0.29) is 0 Å². The van der Waals surface area contributed by atoms with Crippen molar-refractivity contribution in [2.24, 2.45) is 17.8 Å². The summed E-state index contributed by atoms with van der Waals surface area (Å²) in [6, 6.07) is 7.92. The Morgan fingerprint density at radius 2 is 1.75 bits per heavy atom. The average Bonchev–Trinajstić information content (AvgIpc) is 2.71. The van der Waals surface area contributed by atoms with Crippen molar-refractivity contribution < 1.29 is 8.78 Å². The van der Waals surface area contributed by atoms with E-state index in [1.54, 1.807) is 0 Å². The maximum atomic E-state index is 14.8. The Kier molecular flexibility index (Phi) is 5.85. The van der Waals surface area contributed by atoms with Crippen molar-refractivity contribution in [1.82, 2.24) is 0 Å². The summed E-state index contributed by atoms with van der Waals surface area (Å²) >= 11 is 0. The quantitative estimate of drug-likeness (QED) is 0.471. The van der Waals surface area contributed by atoms with Gasteiger partial charge >= 0.3 is 0 Å². The summed E-state index contributed by atoms with van der Waals surface area (Å²) < 4.78 is 29.4. The topological polar surface area (TPSA) is 0 Å². The van der Waals surface area contributed by atoms with Gasteiger partial charge in [0.05, 0.1) is 0 Å². The number of hydrogen-bond donors (Lipinski definition) is 0. The molecule has 2 aliphatic carbocycles. The molecule has 4 atom stereocenters. The molecule has 0 heterocycles. The maximum Gasteiger partial charge on any atom is 0.166 e. The van der Waals surface area contributed by atoms with Crippen LogP contribution in [0.4, 0.5) is 8.78 Å². The zero-order valence-corrected chi connectivity index (χ0v) is 17.2. The van der Waals surface area contributed by atoms with Gasteiger partial charge in [-0.15, -0.1) is 0 Å². The Bertz CT molecular complexity index is 866. The van der Waals surface area contributed by atoms with Gasteiger partial charge in [0.1, 0.15) is 0 Å². The zero-order chi connectivity index (χ0) is 19.7. The molecule has 4 unspecified atom stereocenters. The van der Waals surface area contributed by atoms with Crippen LogP contribution in [0.5, 0.6) is 0 Å². The molecule has 4 rings (SSSR count). The Morgan fingerprint density at radius 1 is 0.964 bits per heavy atom. The molecule has 0 amide bonds. The van der Waals surface area contributed by atoms with Gasteiger partial charge < -0.3 is 0 Å². The van der Waals surface area contributed by atoms with E-state index >= 15 is 0 Å². The second-order valence-corrected chi connectivity index (χ2v) is 9.20. The van der Waals surface area contributed by atoms with Crippen LogP contribution in [0.25, 0.3) is 10.8 Å². The number of hydrogen-bond acceptors (Lipinski definition) is 0. The van der Waals surface area contributed by atoms with Crippen LogP contribution < -0.4 is 0 Å². The summed E-state index contributed by atoms with van der Waals surface area (Å²) in [6.07, 6.45) is 13.0. The van der Waals surface area contributed by atoms with Crippen LogP contribution in [0.1, 0.15) is 75.8 Å². The average molecular weight is 383 g/mol. The van der Waals surface area contributed by atoms with Crippen LogP contribution in [-0.4, -0.2) is 0 Å². The van der Waals surface area contributed by atoms with E-state index < -0.39 is 11.6 Å². The molecule has 0 nitrogen and oxygen atoms in total. The van der Waals surface area contributed by atoms with Crippen molar-refractivity contribution in [2.75, 3.05) is 0 Å². The molecule has 2 aromatic carbocycles. The molecule has 0 N–H and O–H groups in total. The number of fused-ring (bicyclic) bond motifs is 2. The van der Waals surface area contributed by atoms with Crippen LogP contribution in [0.3, 0.4) is 0 Å². The molecule has 2 saturated carbocycles. The normalized spacial score (nSPS) is 28.0. The first kappa shape index (κ1) is 19.6. The van der Waals surface area contributed by atoms with Gasteiger partial charge in [0, 0.05) is 5.39 Å². The summed E-state index contributed by atoms with van der Waals surface area (Å²) in [6.45, 7) is 4.33. The van der Waals surface area contributed by atoms with Crippen molar-refractivity contribution in [3.8, 4) is 0 Å². The minimum Gasteiger partial charge on any atom is -0.203 e. The number of allylic oxidation sites excluding steroid dienone is 2. The maximum absolute atomic E-state index is 14.8. The van der Waals surface area contributed by atoms with E-state index in [2.05, 4.69) is 13.0 Å². The molecule has 2 aliphatic rings. The van der Waals surface area contributed by atoms with Crippen molar-refractivity contribution in [3.63, 3.8) is 0 Å². The first-order chi connectivity index (χ1) is 13.6. The predicted molar refractivity (Wildman–Crippen MR) is 114 cm³/mol. The Hall–Kier alpha value is -1.70. The highest BCUT2D eigenvalue weighted by atomic mass is 19.2. The van der Waals surface area contributed by atoms with Crippen molar-refractivity contribution in [2.45, 2.75) is 71.1 Å². The highest BCUT2D eigenvalue weighted by molar-refractivity contribution is 5.85. The van der Waals surface area contributed by atoms with E-state index in [0.29, 0.717) is 23.3 Å². The number of rotatable bonds is 4. The standard InChI is InChI=1S/C26H32F2/c1-3-4-5-6-23-15-22-12-11-21(16-24(22)26(28)25(23)27)20-10-9-18-13-17(2)7-8-19(18)14-20/h3-4,11-12,15-20H,5-10,13-14H2,1-2H3/b4-3+. The summed E-state index contributed by atoms with van der Waals surface area (Å²) in [5.74, 6) is 1.73. The smallest absolute Gasteiger partial charge is 0.166 e. The first-order valence-corrected chi connectivity index (χ1v) is 11.1. The third kappa shape index (κ3) is 3.88. The van der Waals surface area contributed by atoms with Gasteiger partial charge in [-0.2, -0.15) is 0 Å². The summed E-state index contributed by atoms with van der Waals surface area (Å²) in [5.41, 5.74) is 1.68. The van der Waals surface area contributed by atoms with E-state index in [1.807, 2.05) is 37.3 Å². The minimum atomic E-state index is -0.671. The van der Waals surface area contributed by atoms with Crippen LogP contribution in [-0.2, 0) is 6.42 Å². The van der Waals surface area contributed by atoms with Crippen molar-refractivity contribution in [3.05, 3.63) is 59.2 Å². The molecule has 2 heteroatoms. The van der Waals surface area contributed by atoms with Gasteiger partial charge in [-0.3, -0.25) is 0 Å². The van der Waals surface area contributed by atoms with Crippen molar-refractivity contribution >= 4 is 10.8 Å². The van der Waals surface area contributed by atoms with E-state index in [1.165, 1.54) is 44.1 Å². The SMILES string of the molecule is C/C=C/CCc1cc2ccc(C3CCC4CC(C)CCC4C3)cc2c(F)c1F. The van der Waals surface area contributed by atoms with E-state index in [4.69, 9.17) is 0 Å². The van der Waals surface area contributed by atoms with Gasteiger partial charge in [0.2, 0.25) is 0 Å². The lowest BCUT2D eigenvalue weighted by molar-refractivity contribution is 0.124. The molecular formula is C26H32F2. The lowest BCUT2D eigenvalue weighted by Gasteiger charge is -2.41. The Morgan fingerprint density at radius 3 is 2.57 bits per heavy atom. The summed E-state index contributed by atoms with van der Waals surface area (Å²) in [7, 11) is 0. The first-order valence-electron chi connectivity index (χ1n) is 11.1. The largest absolute Gasteiger partial charge is 0.203 e. The molecule has 0 bridgehead atoms. The predicted octanol–water partition coefficient (Wildman–Crippen LogP) is 7.95. The summed E-state index contributed by atoms with van der Waals surface area (Å²) in [5, 5.41) is 1.27. The van der Waals surface area contributed by atoms with Crippen molar-refractivity contribution in [1.29, 1.82) is 0 Å². The number of halogens is 2. The Balaban J connectivity index is 1.58. The van der Waals surface area contributed by atoms with Gasteiger partial charge in [-0.25, -0.2) is 8.78 Å². The molecule has 0 aromatic heterocycles. The van der Waals surface area contributed by atoms with Gasteiger partial charge in [0.25, 0.3) is 0 Å². The highest BCUT2D eigenvalue weighted by Crippen LogP contribution is 2.47. The fourth-order valence-electron chi connectivity index (χ4n) is 5.67. The molecule has 2 aromatic rings. The second-order valence-electron chi connectivity index (χ2n) is 9.20. The highest BCUT2D eigenvalue weighted by Gasteiger charge is 2.34. The number of aryl methyl sites for hydroxylation is 1. The van der Waals surface area contributed by atoms with Gasteiger partial charge in [-0.1, -0.05) is 37.6 Å². The Labute approximate surface area is 168 Å². The minimum absolute atomic E-state index is 0.448. The molecule has 0 radical (unpaired) electrons. The van der Waals surface area contributed by atoms with Gasteiger partial charge in [-0.05, 0) is 104 Å². The third-order valence-corrected chi connectivity index (χ3v) is 7.28. The molecule has 2 fully saturated rings. The summed E-state index contributed by atoms with van der Waals surface area (Å²) in [4.78, 5) is 0. The van der Waals surface area contributed by atoms with Crippen LogP contribution in [0.2, 0.25) is 0 Å². The third-order valence-electron chi connectivity index (χ3n) is 7.28. The zero-order valence-electron chi connectivity index (χ0n) is 17.2. The fraction of sp³-hybridized carbons (Fsp3) is 0.538. The lowest BCUT2D eigenvalue weighted by Crippen LogP contribution is -2.29. The molecule has 150 valence electrons. The van der Waals surface area contributed by atoms with E-state index in [9.17, 15) is 8.78 Å². The number of benzene rings is 2. The molecule has 0 aliphatic heterocycles. The monoisotopic (exact) mass is 382 g/mol. The van der Waals surface area contributed by atoms with Gasteiger partial charge in [0.15, 0.2) is 11.6 Å². The van der Waals surface area contributed by atoms with E-state index in [0.717, 1.165) is 29.6 Å². The van der Waals surface area contributed by atoms with Crippen LogP contribution in [0.15, 0.2) is 36.4 Å². The molecule has 0 saturated heterocycles. The van der Waals surface area contributed by atoms with Crippen LogP contribution in [0, 0.1) is 29.4 Å². The molecule has 0 spiro atoms. The lowest BCUT2D eigenvalue weighted by atomic mass is 9.64. The van der Waals surface area contributed by atoms with Crippen LogP contribution >= 0.6 is 0 Å². The second kappa shape index (κ2) is 8.35. The fourth-order valence-corrected chi connectivity index (χ4v) is 5.67.